The number of pyridine rings is 1. The highest BCUT2D eigenvalue weighted by Crippen LogP contribution is 2.25. The van der Waals surface area contributed by atoms with Crippen molar-refractivity contribution >= 4 is 5.91 Å². The molecule has 3 rings (SSSR count). The van der Waals surface area contributed by atoms with Crippen molar-refractivity contribution in [3.63, 3.8) is 0 Å². The number of benzene rings is 1. The second kappa shape index (κ2) is 9.46. The molecule has 0 radical (unpaired) electrons. The predicted molar refractivity (Wildman–Crippen MR) is 99.5 cm³/mol. The van der Waals surface area contributed by atoms with Crippen LogP contribution in [0.1, 0.15) is 17.5 Å². The van der Waals surface area contributed by atoms with Crippen molar-refractivity contribution in [3.8, 4) is 0 Å². The summed E-state index contributed by atoms with van der Waals surface area (Å²) in [6.07, 6.45) is 5.45. The van der Waals surface area contributed by atoms with Crippen molar-refractivity contribution in [2.45, 2.75) is 25.6 Å². The van der Waals surface area contributed by atoms with Crippen LogP contribution in [0.2, 0.25) is 0 Å². The quantitative estimate of drug-likeness (QED) is 0.767. The van der Waals surface area contributed by atoms with E-state index in [-0.39, 0.29) is 24.5 Å². The van der Waals surface area contributed by atoms with Crippen molar-refractivity contribution < 1.29 is 14.3 Å². The summed E-state index contributed by atoms with van der Waals surface area (Å²) in [5.41, 5.74) is 2.40. The minimum atomic E-state index is 0.0538. The van der Waals surface area contributed by atoms with Gasteiger partial charge in [-0.05, 0) is 36.1 Å². The molecule has 0 bridgehead atoms. The van der Waals surface area contributed by atoms with Crippen LogP contribution in [-0.4, -0.2) is 48.7 Å². The minimum Gasteiger partial charge on any atom is -0.375 e. The number of aromatic nitrogens is 1. The number of likely N-dealkylation sites (tertiary alicyclic amines) is 1. The summed E-state index contributed by atoms with van der Waals surface area (Å²) in [6, 6.07) is 14.4. The molecule has 2 atom stereocenters. The first kappa shape index (κ1) is 18.5. The largest absolute Gasteiger partial charge is 0.375 e. The number of rotatable bonds is 7. The van der Waals surface area contributed by atoms with E-state index in [1.807, 2.05) is 23.1 Å². The molecule has 26 heavy (non-hydrogen) atoms. The second-order valence-electron chi connectivity index (χ2n) is 6.72. The Morgan fingerprint density at radius 2 is 1.92 bits per heavy atom. The fourth-order valence-corrected chi connectivity index (χ4v) is 3.47. The van der Waals surface area contributed by atoms with Gasteiger partial charge < -0.3 is 14.4 Å². The Labute approximate surface area is 155 Å². The molecule has 0 saturated carbocycles. The maximum absolute atomic E-state index is 12.2. The minimum absolute atomic E-state index is 0.0538. The van der Waals surface area contributed by atoms with Gasteiger partial charge in [-0.25, -0.2) is 0 Å². The monoisotopic (exact) mass is 354 g/mol. The maximum Gasteiger partial charge on any atom is 0.248 e. The summed E-state index contributed by atoms with van der Waals surface area (Å²) in [6.45, 7) is 2.14. The number of methoxy groups -OCH3 is 1. The first-order valence-corrected chi connectivity index (χ1v) is 9.07. The normalized spacial score (nSPS) is 20.1. The van der Waals surface area contributed by atoms with Crippen molar-refractivity contribution in [1.29, 1.82) is 0 Å². The van der Waals surface area contributed by atoms with Crippen molar-refractivity contribution in [2.75, 3.05) is 26.8 Å². The van der Waals surface area contributed by atoms with Crippen LogP contribution in [0, 0.1) is 5.92 Å². The molecule has 1 aromatic carbocycles. The van der Waals surface area contributed by atoms with Crippen LogP contribution in [0.3, 0.4) is 0 Å². The molecule has 1 amide bonds. The van der Waals surface area contributed by atoms with Crippen molar-refractivity contribution in [3.05, 3.63) is 66.0 Å². The predicted octanol–water partition coefficient (Wildman–Crippen LogP) is 2.70. The van der Waals surface area contributed by atoms with Crippen molar-refractivity contribution in [1.82, 2.24) is 9.88 Å². The van der Waals surface area contributed by atoms with Gasteiger partial charge in [0.15, 0.2) is 0 Å². The van der Waals surface area contributed by atoms with Crippen LogP contribution < -0.4 is 0 Å². The first-order chi connectivity index (χ1) is 12.8. The van der Waals surface area contributed by atoms with Crippen LogP contribution in [-0.2, 0) is 27.3 Å². The highest BCUT2D eigenvalue weighted by Gasteiger charge is 2.32. The molecule has 0 spiro atoms. The van der Waals surface area contributed by atoms with Gasteiger partial charge in [0.1, 0.15) is 6.61 Å². The first-order valence-electron chi connectivity index (χ1n) is 9.07. The van der Waals surface area contributed by atoms with Gasteiger partial charge in [-0.15, -0.1) is 0 Å². The number of ether oxygens (including phenoxy) is 2. The summed E-state index contributed by atoms with van der Waals surface area (Å²) in [5.74, 6) is 0.326. The van der Waals surface area contributed by atoms with E-state index in [0.29, 0.717) is 19.7 Å². The van der Waals surface area contributed by atoms with E-state index in [9.17, 15) is 4.79 Å². The van der Waals surface area contributed by atoms with Gasteiger partial charge in [-0.1, -0.05) is 30.3 Å². The Morgan fingerprint density at radius 1 is 1.15 bits per heavy atom. The third kappa shape index (κ3) is 5.13. The molecule has 138 valence electrons. The van der Waals surface area contributed by atoms with E-state index < -0.39 is 0 Å². The molecule has 1 aromatic heterocycles. The molecule has 1 saturated heterocycles. The fraction of sp³-hybridized carbons (Fsp3) is 0.429. The maximum atomic E-state index is 12.2. The Morgan fingerprint density at radius 3 is 2.65 bits per heavy atom. The Hall–Kier alpha value is -2.24. The molecular formula is C21H26N2O3. The highest BCUT2D eigenvalue weighted by molar-refractivity contribution is 5.77. The van der Waals surface area contributed by atoms with Crippen LogP contribution >= 0.6 is 0 Å². The smallest absolute Gasteiger partial charge is 0.248 e. The molecule has 5 heteroatoms. The van der Waals surface area contributed by atoms with E-state index in [2.05, 4.69) is 29.2 Å². The van der Waals surface area contributed by atoms with Gasteiger partial charge in [0.05, 0.1) is 12.7 Å². The molecule has 5 nitrogen and oxygen atoms in total. The standard InChI is InChI=1S/C21H26N2O3/c1-25-16-21(24)23-12-9-20(26-15-18-7-10-22-11-8-18)19(14-23)13-17-5-3-2-4-6-17/h2-8,10-11,19-20H,9,12-16H2,1H3/t19-,20+/m1/s1. The number of nitrogens with zero attached hydrogens (tertiary/aromatic N) is 2. The summed E-state index contributed by atoms with van der Waals surface area (Å²) in [7, 11) is 1.56. The van der Waals surface area contributed by atoms with E-state index in [0.717, 1.165) is 18.4 Å². The number of piperidine rings is 1. The number of amides is 1. The number of carbonyl (C=O) groups is 1. The van der Waals surface area contributed by atoms with Gasteiger partial charge >= 0.3 is 0 Å². The van der Waals surface area contributed by atoms with Gasteiger partial charge in [0.2, 0.25) is 5.91 Å². The van der Waals surface area contributed by atoms with E-state index >= 15 is 0 Å². The summed E-state index contributed by atoms with van der Waals surface area (Å²) < 4.78 is 11.3. The molecule has 1 fully saturated rings. The van der Waals surface area contributed by atoms with E-state index in [1.54, 1.807) is 19.5 Å². The molecule has 1 aliphatic heterocycles. The highest BCUT2D eigenvalue weighted by atomic mass is 16.5. The molecule has 0 N–H and O–H groups in total. The average Bonchev–Trinajstić information content (AvgIpc) is 2.69. The number of carbonyl (C=O) groups excluding carboxylic acids is 1. The van der Waals surface area contributed by atoms with Gasteiger partial charge in [-0.2, -0.15) is 0 Å². The summed E-state index contributed by atoms with van der Waals surface area (Å²) in [4.78, 5) is 18.2. The molecule has 0 aliphatic carbocycles. The Kier molecular flexibility index (Phi) is 6.75. The van der Waals surface area contributed by atoms with Gasteiger partial charge in [-0.3, -0.25) is 9.78 Å². The van der Waals surface area contributed by atoms with Crippen LogP contribution in [0.25, 0.3) is 0 Å². The Bertz CT molecular complexity index is 678. The fourth-order valence-electron chi connectivity index (χ4n) is 3.47. The lowest BCUT2D eigenvalue weighted by atomic mass is 9.88. The zero-order valence-corrected chi connectivity index (χ0v) is 15.2. The zero-order valence-electron chi connectivity index (χ0n) is 15.2. The molecule has 1 aliphatic rings. The molecule has 0 unspecified atom stereocenters. The second-order valence-corrected chi connectivity index (χ2v) is 6.72. The van der Waals surface area contributed by atoms with Crippen LogP contribution in [0.4, 0.5) is 0 Å². The topological polar surface area (TPSA) is 51.7 Å². The number of hydrogen-bond acceptors (Lipinski definition) is 4. The zero-order chi connectivity index (χ0) is 18.2. The van der Waals surface area contributed by atoms with Crippen LogP contribution in [0.15, 0.2) is 54.9 Å². The van der Waals surface area contributed by atoms with Gasteiger partial charge in [0, 0.05) is 38.5 Å². The summed E-state index contributed by atoms with van der Waals surface area (Å²) in [5, 5.41) is 0. The molecule has 2 heterocycles. The van der Waals surface area contributed by atoms with Gasteiger partial charge in [0.25, 0.3) is 0 Å². The third-order valence-electron chi connectivity index (χ3n) is 4.84. The van der Waals surface area contributed by atoms with Crippen molar-refractivity contribution in [2.24, 2.45) is 5.92 Å². The Balaban J connectivity index is 1.66. The SMILES string of the molecule is COCC(=O)N1CC[C@H](OCc2ccncc2)[C@H](Cc2ccccc2)C1. The molecule has 2 aromatic rings. The lowest BCUT2D eigenvalue weighted by molar-refractivity contribution is -0.140. The van der Waals surface area contributed by atoms with E-state index in [1.165, 1.54) is 5.56 Å². The van der Waals surface area contributed by atoms with Crippen LogP contribution in [0.5, 0.6) is 0 Å². The lowest BCUT2D eigenvalue weighted by Crippen LogP contribution is -2.48. The van der Waals surface area contributed by atoms with E-state index in [4.69, 9.17) is 9.47 Å². The molecular weight excluding hydrogens is 328 g/mol. The third-order valence-corrected chi connectivity index (χ3v) is 4.84. The summed E-state index contributed by atoms with van der Waals surface area (Å²) >= 11 is 0. The lowest BCUT2D eigenvalue weighted by Gasteiger charge is -2.38. The average molecular weight is 354 g/mol. The number of hydrogen-bond donors (Lipinski definition) is 0.